The van der Waals surface area contributed by atoms with Gasteiger partial charge in [-0.05, 0) is 26.9 Å². The van der Waals surface area contributed by atoms with E-state index in [1.165, 1.54) is 16.5 Å². The summed E-state index contributed by atoms with van der Waals surface area (Å²) in [6.07, 6.45) is 3.98. The van der Waals surface area contributed by atoms with E-state index in [-0.39, 0.29) is 24.8 Å². The van der Waals surface area contributed by atoms with Crippen molar-refractivity contribution in [3.63, 3.8) is 0 Å². The van der Waals surface area contributed by atoms with Gasteiger partial charge in [-0.25, -0.2) is 0 Å². The van der Waals surface area contributed by atoms with Crippen LogP contribution in [0.3, 0.4) is 0 Å². The van der Waals surface area contributed by atoms with E-state index < -0.39 is 0 Å². The number of rotatable bonds is 4. The Morgan fingerprint density at radius 1 is 1.24 bits per heavy atom. The van der Waals surface area contributed by atoms with E-state index in [1.807, 2.05) is 6.26 Å². The highest BCUT2D eigenvalue weighted by Gasteiger charge is 2.24. The summed E-state index contributed by atoms with van der Waals surface area (Å²) in [5, 5.41) is 2.44. The van der Waals surface area contributed by atoms with Gasteiger partial charge in [-0.3, -0.25) is 4.99 Å². The van der Waals surface area contributed by atoms with Gasteiger partial charge in [-0.1, -0.05) is 24.3 Å². The smallest absolute Gasteiger partial charge is 0.116 e. The van der Waals surface area contributed by atoms with Crippen LogP contribution in [-0.4, -0.2) is 37.8 Å². The number of fused-ring (bicyclic) bond motifs is 1. The van der Waals surface area contributed by atoms with Crippen LogP contribution in [0.4, 0.5) is 0 Å². The van der Waals surface area contributed by atoms with E-state index in [0.717, 1.165) is 31.7 Å². The number of hydrogen-bond acceptors (Lipinski definition) is 3. The Morgan fingerprint density at radius 3 is 2.76 bits per heavy atom. The zero-order chi connectivity index (χ0) is 13.2. The quantitative estimate of drug-likeness (QED) is 0.843. The molecule has 0 fully saturated rings. The fraction of sp³-hybridized carbons (Fsp3) is 0.438. The molecule has 1 aliphatic heterocycles. The minimum Gasteiger partial charge on any atom is -0.468 e. The molecule has 5 heteroatoms. The van der Waals surface area contributed by atoms with Crippen LogP contribution >= 0.6 is 24.8 Å². The van der Waals surface area contributed by atoms with Crippen LogP contribution in [0.1, 0.15) is 24.5 Å². The van der Waals surface area contributed by atoms with E-state index in [9.17, 15) is 0 Å². The van der Waals surface area contributed by atoms with E-state index in [4.69, 9.17) is 4.42 Å². The molecule has 1 aromatic heterocycles. The summed E-state index contributed by atoms with van der Waals surface area (Å²) in [6, 6.07) is 8.37. The molecule has 3 rings (SSSR count). The van der Waals surface area contributed by atoms with Gasteiger partial charge in [0.2, 0.25) is 0 Å². The molecular weight excluding hydrogens is 307 g/mol. The highest BCUT2D eigenvalue weighted by molar-refractivity contribution is 5.89. The minimum absolute atomic E-state index is 0. The van der Waals surface area contributed by atoms with Crippen LogP contribution in [0.2, 0.25) is 0 Å². The molecule has 1 aliphatic rings. The third-order valence-corrected chi connectivity index (χ3v) is 3.77. The maximum absolute atomic E-state index is 5.79. The molecule has 0 aliphatic carbocycles. The summed E-state index contributed by atoms with van der Waals surface area (Å²) < 4.78 is 5.79. The fourth-order valence-electron chi connectivity index (χ4n) is 2.69. The maximum Gasteiger partial charge on any atom is 0.116 e. The standard InChI is InChI=1S/C16H20N2O.2ClH/c1-18(2)8-7-14-9-13(10-17-14)16-15-6-4-3-5-12(15)11-19-16;;/h3-6,11,13H,7-10H2,1-2H3;2*1H. The number of nitrogens with zero attached hydrogens (tertiary/aromatic N) is 2. The first kappa shape index (κ1) is 18.0. The summed E-state index contributed by atoms with van der Waals surface area (Å²) in [7, 11) is 4.21. The van der Waals surface area contributed by atoms with Gasteiger partial charge in [0, 0.05) is 35.5 Å². The molecule has 0 saturated heterocycles. The summed E-state index contributed by atoms with van der Waals surface area (Å²) in [5.74, 6) is 1.54. The van der Waals surface area contributed by atoms with E-state index in [1.54, 1.807) is 0 Å². The Labute approximate surface area is 138 Å². The summed E-state index contributed by atoms with van der Waals surface area (Å²) in [5.41, 5.74) is 1.33. The van der Waals surface area contributed by atoms with Crippen molar-refractivity contribution in [3.8, 4) is 0 Å². The summed E-state index contributed by atoms with van der Waals surface area (Å²) in [6.45, 7) is 1.95. The Morgan fingerprint density at radius 2 is 2.00 bits per heavy atom. The predicted molar refractivity (Wildman–Crippen MR) is 93.5 cm³/mol. The number of aliphatic imine (C=N–C) groups is 1. The average molecular weight is 329 g/mol. The molecule has 1 aromatic carbocycles. The lowest BCUT2D eigenvalue weighted by molar-refractivity contribution is 0.421. The van der Waals surface area contributed by atoms with Gasteiger partial charge in [0.1, 0.15) is 5.76 Å². The zero-order valence-electron chi connectivity index (χ0n) is 12.4. The van der Waals surface area contributed by atoms with Crippen molar-refractivity contribution in [1.29, 1.82) is 0 Å². The first-order chi connectivity index (χ1) is 9.24. The highest BCUT2D eigenvalue weighted by atomic mass is 35.5. The van der Waals surface area contributed by atoms with Gasteiger partial charge in [-0.15, -0.1) is 24.8 Å². The molecule has 0 N–H and O–H groups in total. The Bertz CT molecular complexity index is 607. The van der Waals surface area contributed by atoms with Crippen LogP contribution in [0.15, 0.2) is 39.9 Å². The Hall–Kier alpha value is -1.03. The van der Waals surface area contributed by atoms with Crippen molar-refractivity contribution in [2.45, 2.75) is 18.8 Å². The van der Waals surface area contributed by atoms with Crippen molar-refractivity contribution >= 4 is 41.3 Å². The molecule has 0 bridgehead atoms. The first-order valence-corrected chi connectivity index (χ1v) is 6.87. The molecular formula is C16H22Cl2N2O. The lowest BCUT2D eigenvalue weighted by atomic mass is 9.98. The normalized spacial score (nSPS) is 17.5. The lowest BCUT2D eigenvalue weighted by Crippen LogP contribution is -2.16. The van der Waals surface area contributed by atoms with Crippen molar-refractivity contribution in [3.05, 3.63) is 36.3 Å². The van der Waals surface area contributed by atoms with Gasteiger partial charge in [-0.2, -0.15) is 0 Å². The third-order valence-electron chi connectivity index (χ3n) is 3.77. The number of furan rings is 1. The number of benzene rings is 1. The largest absolute Gasteiger partial charge is 0.468 e. The van der Waals surface area contributed by atoms with Crippen molar-refractivity contribution in [2.75, 3.05) is 27.2 Å². The molecule has 21 heavy (non-hydrogen) atoms. The van der Waals surface area contributed by atoms with Gasteiger partial charge < -0.3 is 9.32 Å². The monoisotopic (exact) mass is 328 g/mol. The van der Waals surface area contributed by atoms with Gasteiger partial charge in [0.15, 0.2) is 0 Å². The maximum atomic E-state index is 5.79. The van der Waals surface area contributed by atoms with Crippen molar-refractivity contribution < 1.29 is 4.42 Å². The molecule has 0 radical (unpaired) electrons. The molecule has 2 aromatic rings. The molecule has 0 spiro atoms. The van der Waals surface area contributed by atoms with E-state index in [0.29, 0.717) is 5.92 Å². The molecule has 0 saturated carbocycles. The zero-order valence-corrected chi connectivity index (χ0v) is 14.0. The Balaban J connectivity index is 0.00000110. The summed E-state index contributed by atoms with van der Waals surface area (Å²) >= 11 is 0. The second-order valence-electron chi connectivity index (χ2n) is 5.55. The molecule has 116 valence electrons. The van der Waals surface area contributed by atoms with E-state index in [2.05, 4.69) is 48.3 Å². The van der Waals surface area contributed by atoms with Crippen LogP contribution < -0.4 is 0 Å². The minimum atomic E-state index is 0. The van der Waals surface area contributed by atoms with Crippen LogP contribution in [-0.2, 0) is 0 Å². The van der Waals surface area contributed by atoms with E-state index >= 15 is 0 Å². The molecule has 2 heterocycles. The van der Waals surface area contributed by atoms with Gasteiger partial charge in [0.25, 0.3) is 0 Å². The average Bonchev–Trinajstić information content (AvgIpc) is 3.02. The Kier molecular flexibility index (Phi) is 6.72. The van der Waals surface area contributed by atoms with Crippen LogP contribution in [0.25, 0.3) is 10.8 Å². The SMILES string of the molecule is CN(C)CCC1=NCC(c2occ3ccccc23)C1.Cl.Cl. The predicted octanol–water partition coefficient (Wildman–Crippen LogP) is 4.16. The van der Waals surface area contributed by atoms with Gasteiger partial charge in [0.05, 0.1) is 6.26 Å². The summed E-state index contributed by atoms with van der Waals surface area (Å²) in [4.78, 5) is 6.89. The molecule has 0 amide bonds. The highest BCUT2D eigenvalue weighted by Crippen LogP contribution is 2.33. The third kappa shape index (κ3) is 4.00. The number of halogens is 2. The molecule has 1 unspecified atom stereocenters. The first-order valence-electron chi connectivity index (χ1n) is 6.87. The molecule has 3 nitrogen and oxygen atoms in total. The van der Waals surface area contributed by atoms with Gasteiger partial charge >= 0.3 is 0 Å². The second kappa shape index (κ2) is 7.83. The van der Waals surface area contributed by atoms with Crippen molar-refractivity contribution in [1.82, 2.24) is 4.90 Å². The number of hydrogen-bond donors (Lipinski definition) is 0. The lowest BCUT2D eigenvalue weighted by Gasteiger charge is -2.09. The fourth-order valence-corrected chi connectivity index (χ4v) is 2.69. The van der Waals surface area contributed by atoms with Crippen molar-refractivity contribution in [2.24, 2.45) is 4.99 Å². The van der Waals surface area contributed by atoms with Crippen LogP contribution in [0, 0.1) is 0 Å². The molecule has 1 atom stereocenters. The topological polar surface area (TPSA) is 28.7 Å². The second-order valence-corrected chi connectivity index (χ2v) is 5.55. The van der Waals surface area contributed by atoms with Crippen LogP contribution in [0.5, 0.6) is 0 Å².